The van der Waals surface area contributed by atoms with E-state index >= 15 is 0 Å². The monoisotopic (exact) mass is 406 g/mol. The van der Waals surface area contributed by atoms with Crippen molar-refractivity contribution < 1.29 is 4.79 Å². The summed E-state index contributed by atoms with van der Waals surface area (Å²) in [4.78, 5) is 16.9. The Morgan fingerprint density at radius 2 is 1.63 bits per heavy atom. The van der Waals surface area contributed by atoms with Crippen molar-refractivity contribution in [3.05, 3.63) is 63.6 Å². The molecule has 1 fully saturated rings. The smallest absolute Gasteiger partial charge is 0.319 e. The minimum absolute atomic E-state index is 0.282. The van der Waals surface area contributed by atoms with Gasteiger partial charge in [-0.25, -0.2) is 4.79 Å². The summed E-state index contributed by atoms with van der Waals surface area (Å²) in [6.07, 6.45) is 0. The van der Waals surface area contributed by atoms with Crippen molar-refractivity contribution in [2.45, 2.75) is 13.1 Å². The number of carbonyl (C=O) groups is 1. The molecule has 2 amide bonds. The molecule has 1 aliphatic heterocycles. The molecule has 0 unspecified atom stereocenters. The summed E-state index contributed by atoms with van der Waals surface area (Å²) in [6.45, 7) is 5.89. The summed E-state index contributed by atoms with van der Waals surface area (Å²) in [6, 6.07) is 13.1. The average Bonchev–Trinajstić information content (AvgIpc) is 2.66. The lowest BCUT2D eigenvalue weighted by atomic mass is 10.1. The maximum absolute atomic E-state index is 12.0. The van der Waals surface area contributed by atoms with E-state index in [4.69, 9.17) is 23.2 Å². The maximum Gasteiger partial charge on any atom is 0.319 e. The highest BCUT2D eigenvalue weighted by Crippen LogP contribution is 2.24. The molecule has 5 nitrogen and oxygen atoms in total. The lowest BCUT2D eigenvalue weighted by Crippen LogP contribution is -2.43. The molecule has 144 valence electrons. The molecule has 0 aliphatic carbocycles. The van der Waals surface area contributed by atoms with Crippen LogP contribution < -0.4 is 10.6 Å². The van der Waals surface area contributed by atoms with Crippen molar-refractivity contribution in [3.63, 3.8) is 0 Å². The van der Waals surface area contributed by atoms with Crippen molar-refractivity contribution in [2.75, 3.05) is 38.5 Å². The highest BCUT2D eigenvalue weighted by Gasteiger charge is 2.13. The van der Waals surface area contributed by atoms with Gasteiger partial charge in [-0.3, -0.25) is 4.90 Å². The molecule has 0 atom stereocenters. The summed E-state index contributed by atoms with van der Waals surface area (Å²) in [5, 5.41) is 6.46. The predicted octanol–water partition coefficient (Wildman–Crippen LogP) is 4.06. The van der Waals surface area contributed by atoms with E-state index in [1.54, 1.807) is 18.2 Å². The van der Waals surface area contributed by atoms with Crippen molar-refractivity contribution in [1.29, 1.82) is 0 Å². The highest BCUT2D eigenvalue weighted by atomic mass is 35.5. The van der Waals surface area contributed by atoms with Crippen LogP contribution in [0.15, 0.2) is 42.5 Å². The average molecular weight is 407 g/mol. The topological polar surface area (TPSA) is 47.6 Å². The van der Waals surface area contributed by atoms with Crippen molar-refractivity contribution >= 4 is 34.9 Å². The van der Waals surface area contributed by atoms with Gasteiger partial charge in [0.1, 0.15) is 0 Å². The number of benzene rings is 2. The number of carbonyl (C=O) groups excluding carboxylic acids is 1. The summed E-state index contributed by atoms with van der Waals surface area (Å²) >= 11 is 11.8. The van der Waals surface area contributed by atoms with Crippen LogP contribution in [-0.4, -0.2) is 49.1 Å². The highest BCUT2D eigenvalue weighted by molar-refractivity contribution is 6.42. The first-order valence-corrected chi connectivity index (χ1v) is 9.74. The minimum Gasteiger partial charge on any atom is -0.334 e. The molecule has 2 aromatic carbocycles. The van der Waals surface area contributed by atoms with Crippen LogP contribution in [0.2, 0.25) is 10.0 Å². The van der Waals surface area contributed by atoms with Gasteiger partial charge in [0.05, 0.1) is 10.0 Å². The minimum atomic E-state index is -0.282. The van der Waals surface area contributed by atoms with E-state index in [0.717, 1.165) is 38.3 Å². The van der Waals surface area contributed by atoms with E-state index in [1.165, 1.54) is 5.56 Å². The Hall–Kier alpha value is -1.79. The van der Waals surface area contributed by atoms with Crippen molar-refractivity contribution in [1.82, 2.24) is 15.1 Å². The number of urea groups is 1. The molecular weight excluding hydrogens is 383 g/mol. The molecule has 2 N–H and O–H groups in total. The number of halogens is 2. The Balaban J connectivity index is 1.45. The third kappa shape index (κ3) is 6.11. The number of likely N-dealkylation sites (N-methyl/N-ethyl adjacent to an activating group) is 1. The van der Waals surface area contributed by atoms with E-state index in [0.29, 0.717) is 22.3 Å². The van der Waals surface area contributed by atoms with Gasteiger partial charge in [0.25, 0.3) is 0 Å². The quantitative estimate of drug-likeness (QED) is 0.786. The number of piperazine rings is 1. The second kappa shape index (κ2) is 9.42. The number of amides is 2. The summed E-state index contributed by atoms with van der Waals surface area (Å²) < 4.78 is 0. The molecule has 0 saturated carbocycles. The van der Waals surface area contributed by atoms with Gasteiger partial charge < -0.3 is 15.5 Å². The summed E-state index contributed by atoms with van der Waals surface area (Å²) in [5.74, 6) is 0. The molecule has 0 spiro atoms. The molecule has 0 bridgehead atoms. The van der Waals surface area contributed by atoms with Crippen LogP contribution in [0.5, 0.6) is 0 Å². The van der Waals surface area contributed by atoms with Gasteiger partial charge in [0.2, 0.25) is 0 Å². The van der Waals surface area contributed by atoms with Crippen LogP contribution in [0.25, 0.3) is 0 Å². The number of hydrogen-bond donors (Lipinski definition) is 2. The van der Waals surface area contributed by atoms with E-state index in [9.17, 15) is 4.79 Å². The lowest BCUT2D eigenvalue weighted by molar-refractivity contribution is 0.148. The molecule has 1 aliphatic rings. The molecule has 27 heavy (non-hydrogen) atoms. The lowest BCUT2D eigenvalue weighted by Gasteiger charge is -2.32. The summed E-state index contributed by atoms with van der Waals surface area (Å²) in [5.41, 5.74) is 2.95. The second-order valence-electron chi connectivity index (χ2n) is 6.83. The van der Waals surface area contributed by atoms with E-state index < -0.39 is 0 Å². The van der Waals surface area contributed by atoms with Gasteiger partial charge in [-0.15, -0.1) is 0 Å². The number of nitrogens with zero attached hydrogens (tertiary/aromatic N) is 2. The second-order valence-corrected chi connectivity index (χ2v) is 7.65. The van der Waals surface area contributed by atoms with Crippen molar-refractivity contribution in [2.24, 2.45) is 0 Å². The Morgan fingerprint density at radius 3 is 2.30 bits per heavy atom. The van der Waals surface area contributed by atoms with E-state index in [-0.39, 0.29) is 6.03 Å². The predicted molar refractivity (Wildman–Crippen MR) is 112 cm³/mol. The fourth-order valence-electron chi connectivity index (χ4n) is 2.96. The first-order valence-electron chi connectivity index (χ1n) is 8.98. The third-order valence-corrected chi connectivity index (χ3v) is 5.39. The molecule has 7 heteroatoms. The van der Waals surface area contributed by atoms with Crippen LogP contribution in [0.3, 0.4) is 0 Å². The van der Waals surface area contributed by atoms with Crippen LogP contribution in [0.4, 0.5) is 10.5 Å². The fraction of sp³-hybridized carbons (Fsp3) is 0.350. The van der Waals surface area contributed by atoms with Gasteiger partial charge >= 0.3 is 6.03 Å². The van der Waals surface area contributed by atoms with Crippen LogP contribution in [0, 0.1) is 0 Å². The maximum atomic E-state index is 12.0. The first-order chi connectivity index (χ1) is 13.0. The Kier molecular flexibility index (Phi) is 6.96. The molecular formula is C20H24Cl2N4O. The van der Waals surface area contributed by atoms with Crippen molar-refractivity contribution in [3.8, 4) is 0 Å². The molecule has 3 rings (SSSR count). The molecule has 2 aromatic rings. The number of nitrogens with one attached hydrogen (secondary N) is 2. The molecule has 0 radical (unpaired) electrons. The van der Waals surface area contributed by atoms with Gasteiger partial charge in [-0.1, -0.05) is 47.5 Å². The summed E-state index contributed by atoms with van der Waals surface area (Å²) in [7, 11) is 2.16. The number of hydrogen-bond acceptors (Lipinski definition) is 3. The van der Waals surface area contributed by atoms with Gasteiger partial charge in [0, 0.05) is 45.0 Å². The van der Waals surface area contributed by atoms with Gasteiger partial charge in [-0.05, 0) is 36.4 Å². The largest absolute Gasteiger partial charge is 0.334 e. The van der Waals surface area contributed by atoms with Gasteiger partial charge in [0.15, 0.2) is 0 Å². The molecule has 0 aromatic heterocycles. The van der Waals surface area contributed by atoms with E-state index in [1.807, 2.05) is 0 Å². The van der Waals surface area contributed by atoms with Crippen LogP contribution >= 0.6 is 23.2 Å². The Morgan fingerprint density at radius 1 is 0.963 bits per heavy atom. The van der Waals surface area contributed by atoms with Crippen LogP contribution in [-0.2, 0) is 13.1 Å². The zero-order valence-corrected chi connectivity index (χ0v) is 16.9. The fourth-order valence-corrected chi connectivity index (χ4v) is 3.26. The molecule has 1 saturated heterocycles. The Labute approximate surface area is 170 Å². The normalized spacial score (nSPS) is 15.5. The number of anilines is 1. The number of rotatable bonds is 5. The van der Waals surface area contributed by atoms with E-state index in [2.05, 4.69) is 51.7 Å². The standard InChI is InChI=1S/C20H24Cl2N4O/c1-25-8-10-26(11-9-25)14-16-4-2-15(3-5-16)13-23-20(27)24-17-6-7-18(21)19(22)12-17/h2-7,12H,8-11,13-14H2,1H3,(H2,23,24,27). The molecule has 1 heterocycles. The zero-order valence-electron chi connectivity index (χ0n) is 15.3. The zero-order chi connectivity index (χ0) is 19.2. The third-order valence-electron chi connectivity index (χ3n) is 4.66. The SMILES string of the molecule is CN1CCN(Cc2ccc(CNC(=O)Nc3ccc(Cl)c(Cl)c3)cc2)CC1. The van der Waals surface area contributed by atoms with Gasteiger partial charge in [-0.2, -0.15) is 0 Å². The Bertz CT molecular complexity index is 774. The first kappa shape index (κ1) is 20.0. The van der Waals surface area contributed by atoms with Crippen LogP contribution in [0.1, 0.15) is 11.1 Å².